The summed E-state index contributed by atoms with van der Waals surface area (Å²) >= 11 is 0. The number of fused-ring (bicyclic) bond motifs is 1. The number of anilines is 4. The molecule has 0 fully saturated rings. The van der Waals surface area contributed by atoms with E-state index in [0.29, 0.717) is 33.5 Å². The van der Waals surface area contributed by atoms with Crippen LogP contribution in [-0.2, 0) is 22.8 Å². The first-order valence-electron chi connectivity index (χ1n) is 9.33. The van der Waals surface area contributed by atoms with Crippen molar-refractivity contribution >= 4 is 52.2 Å². The van der Waals surface area contributed by atoms with E-state index in [9.17, 15) is 16.8 Å². The minimum absolute atomic E-state index is 0.0550. The van der Waals surface area contributed by atoms with E-state index in [0.717, 1.165) is 14.1 Å². The first-order chi connectivity index (χ1) is 15.0. The van der Waals surface area contributed by atoms with Gasteiger partial charge in [0.2, 0.25) is 0 Å². The molecule has 2 heterocycles. The maximum Gasteiger partial charge on any atom is 0.353 e. The van der Waals surface area contributed by atoms with E-state index in [1.807, 2.05) is 6.92 Å². The highest BCUT2D eigenvalue weighted by molar-refractivity contribution is 8.66. The number of methoxy groups -OCH3 is 1. The minimum Gasteiger partial charge on any atom is -0.383 e. The normalized spacial score (nSPS) is 13.3. The number of benzene rings is 1. The van der Waals surface area contributed by atoms with Crippen molar-refractivity contribution in [3.05, 3.63) is 30.3 Å². The van der Waals surface area contributed by atoms with Gasteiger partial charge in [0.1, 0.15) is 16.9 Å². The number of aromatic amines is 1. The summed E-state index contributed by atoms with van der Waals surface area (Å²) < 4.78 is 57.2. The molecule has 2 aromatic heterocycles. The first-order valence-corrected chi connectivity index (χ1v) is 12.8. The van der Waals surface area contributed by atoms with Crippen molar-refractivity contribution in [3.8, 4) is 0 Å². The molecule has 0 bridgehead atoms. The number of aromatic nitrogens is 4. The lowest BCUT2D eigenvalue weighted by molar-refractivity contribution is 0.190. The van der Waals surface area contributed by atoms with Gasteiger partial charge in [-0.2, -0.15) is 36.6 Å². The fourth-order valence-corrected chi connectivity index (χ4v) is 5.39. The number of hydrogen-bond donors (Lipinski definition) is 4. The maximum absolute atomic E-state index is 12.5. The van der Waals surface area contributed by atoms with E-state index < -0.39 is 18.1 Å². The molecule has 0 saturated heterocycles. The van der Waals surface area contributed by atoms with E-state index in [2.05, 4.69) is 35.8 Å². The van der Waals surface area contributed by atoms with Gasteiger partial charge in [0.25, 0.3) is 0 Å². The van der Waals surface area contributed by atoms with Gasteiger partial charge in [0, 0.05) is 32.9 Å². The van der Waals surface area contributed by atoms with Gasteiger partial charge < -0.3 is 15.4 Å². The predicted octanol–water partition coefficient (Wildman–Crippen LogP) is 1.09. The average molecular weight is 485 g/mol. The monoisotopic (exact) mass is 484 g/mol. The molecule has 3 rings (SSSR count). The average Bonchev–Trinajstić information content (AvgIpc) is 3.17. The van der Waals surface area contributed by atoms with E-state index >= 15 is 0 Å². The van der Waals surface area contributed by atoms with Crippen molar-refractivity contribution in [2.45, 2.75) is 13.0 Å². The Kier molecular flexibility index (Phi) is 6.82. The van der Waals surface area contributed by atoms with Gasteiger partial charge in [-0.05, 0) is 37.3 Å². The number of pyridine rings is 1. The Bertz CT molecular complexity index is 1310. The highest BCUT2D eigenvalue weighted by Gasteiger charge is 2.33. The van der Waals surface area contributed by atoms with Gasteiger partial charge in [-0.3, -0.25) is 4.72 Å². The number of nitrogens with one attached hydrogen (secondary N) is 4. The molecule has 0 aliphatic rings. The Balaban J connectivity index is 1.99. The van der Waals surface area contributed by atoms with Crippen molar-refractivity contribution < 1.29 is 21.6 Å². The van der Waals surface area contributed by atoms with Crippen LogP contribution in [0, 0.1) is 0 Å². The molecule has 1 unspecified atom stereocenters. The van der Waals surface area contributed by atoms with Crippen molar-refractivity contribution in [3.63, 3.8) is 0 Å². The first kappa shape index (κ1) is 23.6. The summed E-state index contributed by atoms with van der Waals surface area (Å²) in [5.74, 6) is 0.512. The van der Waals surface area contributed by atoms with Gasteiger partial charge in [-0.25, -0.2) is 4.98 Å². The fourth-order valence-electron chi connectivity index (χ4n) is 2.70. The van der Waals surface area contributed by atoms with E-state index in [-0.39, 0.29) is 17.5 Å². The molecular weight excluding hydrogens is 460 g/mol. The van der Waals surface area contributed by atoms with Crippen LogP contribution in [0.1, 0.15) is 6.92 Å². The second-order valence-electron chi connectivity index (χ2n) is 7.04. The highest BCUT2D eigenvalue weighted by Crippen LogP contribution is 2.28. The van der Waals surface area contributed by atoms with Crippen molar-refractivity contribution in [2.75, 3.05) is 43.2 Å². The van der Waals surface area contributed by atoms with Gasteiger partial charge >= 0.3 is 18.1 Å². The summed E-state index contributed by atoms with van der Waals surface area (Å²) in [5.41, 5.74) is 1.71. The van der Waals surface area contributed by atoms with Crippen LogP contribution in [-0.4, -0.2) is 75.4 Å². The third-order valence-corrected chi connectivity index (χ3v) is 8.97. The Morgan fingerprint density at radius 1 is 1.09 bits per heavy atom. The second kappa shape index (κ2) is 9.23. The van der Waals surface area contributed by atoms with Crippen LogP contribution in [0.5, 0.6) is 0 Å². The summed E-state index contributed by atoms with van der Waals surface area (Å²) in [7, 11) is -5.61. The number of ether oxygens (including phenoxy) is 1. The van der Waals surface area contributed by atoms with Gasteiger partial charge in [-0.15, -0.1) is 0 Å². The number of H-pyrrole nitrogens is 1. The Morgan fingerprint density at radius 3 is 2.50 bits per heavy atom. The molecule has 0 radical (unpaired) electrons. The number of rotatable bonds is 10. The Labute approximate surface area is 185 Å². The lowest BCUT2D eigenvalue weighted by atomic mass is 10.2. The zero-order chi connectivity index (χ0) is 23.5. The summed E-state index contributed by atoms with van der Waals surface area (Å²) in [4.78, 5) is 4.41. The molecule has 1 atom stereocenters. The summed E-state index contributed by atoms with van der Waals surface area (Å²) in [6, 6.07) is 7.96. The molecule has 3 aromatic rings. The summed E-state index contributed by atoms with van der Waals surface area (Å²) in [6.45, 7) is 2.31. The zero-order valence-corrected chi connectivity index (χ0v) is 19.5. The van der Waals surface area contributed by atoms with E-state index in [1.54, 1.807) is 25.3 Å². The smallest absolute Gasteiger partial charge is 0.353 e. The summed E-state index contributed by atoms with van der Waals surface area (Å²) in [6.07, 6.45) is 0. The molecule has 0 aliphatic carbocycles. The van der Waals surface area contributed by atoms with Crippen LogP contribution in [0.4, 0.5) is 23.0 Å². The van der Waals surface area contributed by atoms with Crippen LogP contribution in [0.15, 0.2) is 30.3 Å². The number of nitrogens with zero attached hydrogens (tertiary/aromatic N) is 4. The summed E-state index contributed by atoms with van der Waals surface area (Å²) in [5, 5.41) is 16.6. The zero-order valence-electron chi connectivity index (χ0n) is 17.8. The van der Waals surface area contributed by atoms with Crippen LogP contribution in [0.25, 0.3) is 11.0 Å². The molecular formula is C17H24N8O5S2. The predicted molar refractivity (Wildman–Crippen MR) is 122 cm³/mol. The largest absolute Gasteiger partial charge is 0.383 e. The van der Waals surface area contributed by atoms with Crippen LogP contribution in [0.3, 0.4) is 0 Å². The third-order valence-electron chi connectivity index (χ3n) is 4.24. The standard InChI is InChI=1S/C17H24N8O5S2/c1-11(10-30-4)18-16-8-7-14(23-31(26,27)32(28,29)25(2)3)17(20-16)19-12-5-6-13-15(9-12)22-24-21-13/h5-9,11,23H,10H2,1-4H3,(H2,18,19,20)(H,21,22,24). The molecule has 15 heteroatoms. The van der Waals surface area contributed by atoms with E-state index in [1.165, 1.54) is 12.1 Å². The fraction of sp³-hybridized carbons (Fsp3) is 0.353. The molecule has 0 aliphatic heterocycles. The Morgan fingerprint density at radius 2 is 1.81 bits per heavy atom. The molecule has 0 spiro atoms. The van der Waals surface area contributed by atoms with Crippen molar-refractivity contribution in [2.24, 2.45) is 0 Å². The molecule has 0 saturated carbocycles. The SMILES string of the molecule is COCC(C)Nc1ccc(NS(=O)(=O)S(=O)(=O)N(C)C)c(Nc2ccc3n[nH]nc3c2)n1. The van der Waals surface area contributed by atoms with Crippen molar-refractivity contribution in [1.29, 1.82) is 0 Å². The van der Waals surface area contributed by atoms with Crippen LogP contribution < -0.4 is 15.4 Å². The number of hydrogen-bond acceptors (Lipinski definition) is 10. The Hall–Kier alpha value is -3.01. The molecule has 13 nitrogen and oxygen atoms in total. The maximum atomic E-state index is 12.5. The molecule has 174 valence electrons. The molecule has 32 heavy (non-hydrogen) atoms. The lowest BCUT2D eigenvalue weighted by Crippen LogP contribution is -2.34. The van der Waals surface area contributed by atoms with Crippen LogP contribution in [0.2, 0.25) is 0 Å². The van der Waals surface area contributed by atoms with Crippen molar-refractivity contribution in [1.82, 2.24) is 24.7 Å². The topological polar surface area (TPSA) is 171 Å². The van der Waals surface area contributed by atoms with Gasteiger partial charge in [0.05, 0.1) is 12.3 Å². The third kappa shape index (κ3) is 5.07. The lowest BCUT2D eigenvalue weighted by Gasteiger charge is -2.18. The highest BCUT2D eigenvalue weighted by atomic mass is 33.2. The molecule has 1 aromatic carbocycles. The quantitative estimate of drug-likeness (QED) is 0.305. The van der Waals surface area contributed by atoms with E-state index in [4.69, 9.17) is 4.74 Å². The minimum atomic E-state index is -4.80. The second-order valence-corrected chi connectivity index (χ2v) is 12.3. The van der Waals surface area contributed by atoms with Crippen LogP contribution >= 0.6 is 0 Å². The van der Waals surface area contributed by atoms with Gasteiger partial charge in [-0.1, -0.05) is 0 Å². The van der Waals surface area contributed by atoms with Gasteiger partial charge in [0.15, 0.2) is 5.82 Å². The molecule has 4 N–H and O–H groups in total. The molecule has 0 amide bonds.